The van der Waals surface area contributed by atoms with Crippen molar-refractivity contribution in [2.75, 3.05) is 5.32 Å². The molecule has 1 amide bonds. The lowest BCUT2D eigenvalue weighted by Crippen LogP contribution is -2.23. The van der Waals surface area contributed by atoms with Crippen LogP contribution in [-0.2, 0) is 17.1 Å². The molecule has 0 fully saturated rings. The molecule has 156 valence electrons. The van der Waals surface area contributed by atoms with Gasteiger partial charge in [-0.1, -0.05) is 22.0 Å². The van der Waals surface area contributed by atoms with E-state index in [0.717, 1.165) is 26.4 Å². The number of fused-ring (bicyclic) bond motifs is 1. The molecule has 0 atom stereocenters. The largest absolute Gasteiger partial charge is 0.326 e. The predicted octanol–water partition coefficient (Wildman–Crippen LogP) is 4.88. The van der Waals surface area contributed by atoms with Crippen molar-refractivity contribution in [1.82, 2.24) is 14.5 Å². The zero-order valence-electron chi connectivity index (χ0n) is 16.5. The average molecular weight is 495 g/mol. The predicted molar refractivity (Wildman–Crippen MR) is 127 cm³/mol. The van der Waals surface area contributed by atoms with E-state index in [1.165, 1.54) is 10.9 Å². The van der Waals surface area contributed by atoms with E-state index in [2.05, 4.69) is 31.2 Å². The first-order valence-corrected chi connectivity index (χ1v) is 11.4. The summed E-state index contributed by atoms with van der Waals surface area (Å²) in [6.45, 7) is 0.263. The van der Waals surface area contributed by atoms with Crippen LogP contribution in [0.2, 0.25) is 0 Å². The van der Waals surface area contributed by atoms with E-state index in [0.29, 0.717) is 10.9 Å². The molecule has 2 aromatic heterocycles. The van der Waals surface area contributed by atoms with Crippen molar-refractivity contribution < 1.29 is 4.79 Å². The lowest BCUT2D eigenvalue weighted by Gasteiger charge is -2.09. The fourth-order valence-corrected chi connectivity index (χ4v) is 4.21. The molecule has 1 N–H and O–H groups in total. The van der Waals surface area contributed by atoms with Gasteiger partial charge in [-0.25, -0.2) is 4.98 Å². The van der Waals surface area contributed by atoms with Crippen LogP contribution >= 0.6 is 27.7 Å². The molecular formula is C23H19BrN4O2S. The van der Waals surface area contributed by atoms with Crippen LogP contribution in [-0.4, -0.2) is 20.4 Å². The Labute approximate surface area is 191 Å². The number of hydrogen-bond acceptors (Lipinski definition) is 5. The third-order valence-corrected chi connectivity index (χ3v) is 6.21. The number of anilines is 1. The van der Waals surface area contributed by atoms with Crippen molar-refractivity contribution in [2.45, 2.75) is 23.6 Å². The second kappa shape index (κ2) is 9.89. The summed E-state index contributed by atoms with van der Waals surface area (Å²) in [6, 6.07) is 17.1. The molecule has 4 rings (SSSR count). The summed E-state index contributed by atoms with van der Waals surface area (Å²) in [4.78, 5) is 34.5. The van der Waals surface area contributed by atoms with Gasteiger partial charge >= 0.3 is 0 Å². The lowest BCUT2D eigenvalue weighted by atomic mass is 10.2. The van der Waals surface area contributed by atoms with Gasteiger partial charge in [-0.15, -0.1) is 11.8 Å². The Kier molecular flexibility index (Phi) is 6.79. The zero-order chi connectivity index (χ0) is 21.6. The molecule has 6 nitrogen and oxygen atoms in total. The van der Waals surface area contributed by atoms with Gasteiger partial charge in [-0.05, 0) is 54.1 Å². The van der Waals surface area contributed by atoms with Crippen LogP contribution in [0.3, 0.4) is 0 Å². The number of rotatable bonds is 7. The van der Waals surface area contributed by atoms with Crippen LogP contribution in [0, 0.1) is 0 Å². The van der Waals surface area contributed by atoms with Crippen molar-refractivity contribution in [3.05, 3.63) is 93.7 Å². The standard InChI is InChI=1S/C23H19BrN4O2S/c24-17-3-8-21-20(12-17)23(30)28(15-26-21)11-9-22(29)27-18-4-6-19(7-5-18)31-14-16-2-1-10-25-13-16/h1-8,10,12-13,15H,9,11,14H2,(H,27,29). The van der Waals surface area contributed by atoms with Crippen LogP contribution in [0.1, 0.15) is 12.0 Å². The van der Waals surface area contributed by atoms with E-state index < -0.39 is 0 Å². The Hall–Kier alpha value is -2.97. The average Bonchev–Trinajstić information content (AvgIpc) is 2.79. The van der Waals surface area contributed by atoms with E-state index in [1.807, 2.05) is 48.7 Å². The van der Waals surface area contributed by atoms with Crippen molar-refractivity contribution in [3.63, 3.8) is 0 Å². The molecule has 0 radical (unpaired) electrons. The summed E-state index contributed by atoms with van der Waals surface area (Å²) in [7, 11) is 0. The second-order valence-corrected chi connectivity index (χ2v) is 8.84. The molecule has 0 aliphatic carbocycles. The van der Waals surface area contributed by atoms with E-state index in [9.17, 15) is 9.59 Å². The topological polar surface area (TPSA) is 76.9 Å². The molecule has 0 saturated carbocycles. The van der Waals surface area contributed by atoms with Gasteiger partial charge in [0.05, 0.1) is 17.2 Å². The van der Waals surface area contributed by atoms with Gasteiger partial charge in [0.25, 0.3) is 5.56 Å². The maximum Gasteiger partial charge on any atom is 0.261 e. The van der Waals surface area contributed by atoms with Gasteiger partial charge in [-0.2, -0.15) is 0 Å². The molecule has 0 saturated heterocycles. The number of carbonyl (C=O) groups is 1. The highest BCUT2D eigenvalue weighted by atomic mass is 79.9. The van der Waals surface area contributed by atoms with Gasteiger partial charge in [0.1, 0.15) is 0 Å². The molecular weight excluding hydrogens is 476 g/mol. The van der Waals surface area contributed by atoms with Gasteiger partial charge in [-0.3, -0.25) is 19.1 Å². The van der Waals surface area contributed by atoms with Gasteiger partial charge in [0.2, 0.25) is 5.91 Å². The van der Waals surface area contributed by atoms with E-state index in [1.54, 1.807) is 30.1 Å². The number of pyridine rings is 1. The Morgan fingerprint density at radius 1 is 1.13 bits per heavy atom. The third-order valence-electron chi connectivity index (χ3n) is 4.63. The molecule has 8 heteroatoms. The van der Waals surface area contributed by atoms with Crippen LogP contribution in [0.25, 0.3) is 10.9 Å². The number of aryl methyl sites for hydroxylation is 1. The van der Waals surface area contributed by atoms with Crippen molar-refractivity contribution in [1.29, 1.82) is 0 Å². The number of aromatic nitrogens is 3. The minimum absolute atomic E-state index is 0.156. The highest BCUT2D eigenvalue weighted by molar-refractivity contribution is 9.10. The van der Waals surface area contributed by atoms with E-state index in [-0.39, 0.29) is 24.4 Å². The summed E-state index contributed by atoms with van der Waals surface area (Å²) in [5.74, 6) is 0.682. The molecule has 0 unspecified atom stereocenters. The quantitative estimate of drug-likeness (QED) is 0.370. The number of halogens is 1. The number of amides is 1. The number of nitrogens with zero attached hydrogens (tertiary/aromatic N) is 3. The maximum atomic E-state index is 12.6. The van der Waals surface area contributed by atoms with Crippen LogP contribution in [0.4, 0.5) is 5.69 Å². The first kappa shape index (κ1) is 21.3. The van der Waals surface area contributed by atoms with Gasteiger partial charge < -0.3 is 5.32 Å². The summed E-state index contributed by atoms with van der Waals surface area (Å²) in [5, 5.41) is 3.40. The van der Waals surface area contributed by atoms with E-state index in [4.69, 9.17) is 0 Å². The maximum absolute atomic E-state index is 12.6. The molecule has 2 aromatic carbocycles. The molecule has 31 heavy (non-hydrogen) atoms. The third kappa shape index (κ3) is 5.59. The minimum Gasteiger partial charge on any atom is -0.326 e. The number of thioether (sulfide) groups is 1. The Bertz CT molecular complexity index is 1260. The number of hydrogen-bond donors (Lipinski definition) is 1. The molecule has 4 aromatic rings. The van der Waals surface area contributed by atoms with Crippen LogP contribution < -0.4 is 10.9 Å². The van der Waals surface area contributed by atoms with Crippen LogP contribution in [0.5, 0.6) is 0 Å². The van der Waals surface area contributed by atoms with Crippen molar-refractivity contribution in [2.24, 2.45) is 0 Å². The fourth-order valence-electron chi connectivity index (χ4n) is 3.02. The highest BCUT2D eigenvalue weighted by Gasteiger charge is 2.08. The Balaban J connectivity index is 1.32. The summed E-state index contributed by atoms with van der Waals surface area (Å²) in [5.41, 5.74) is 2.36. The summed E-state index contributed by atoms with van der Waals surface area (Å²) >= 11 is 5.08. The summed E-state index contributed by atoms with van der Waals surface area (Å²) < 4.78 is 2.28. The molecule has 2 heterocycles. The molecule has 0 aliphatic heterocycles. The number of nitrogens with one attached hydrogen (secondary N) is 1. The van der Waals surface area contributed by atoms with Crippen LogP contribution in [0.15, 0.2) is 87.5 Å². The molecule has 0 spiro atoms. The highest BCUT2D eigenvalue weighted by Crippen LogP contribution is 2.24. The normalized spacial score (nSPS) is 10.9. The van der Waals surface area contributed by atoms with Gasteiger partial charge in [0.15, 0.2) is 0 Å². The van der Waals surface area contributed by atoms with Crippen molar-refractivity contribution in [3.8, 4) is 0 Å². The minimum atomic E-state index is -0.158. The second-order valence-electron chi connectivity index (χ2n) is 6.88. The molecule has 0 aliphatic rings. The monoisotopic (exact) mass is 494 g/mol. The first-order valence-electron chi connectivity index (χ1n) is 9.65. The Morgan fingerprint density at radius 2 is 1.97 bits per heavy atom. The van der Waals surface area contributed by atoms with Gasteiger partial charge in [0, 0.05) is 46.2 Å². The fraction of sp³-hybridized carbons (Fsp3) is 0.130. The number of carbonyl (C=O) groups excluding carboxylic acids is 1. The SMILES string of the molecule is O=C(CCn1cnc2ccc(Br)cc2c1=O)Nc1ccc(SCc2cccnc2)cc1. The smallest absolute Gasteiger partial charge is 0.261 e. The van der Waals surface area contributed by atoms with E-state index >= 15 is 0 Å². The van der Waals surface area contributed by atoms with Crippen molar-refractivity contribution >= 4 is 50.2 Å². The lowest BCUT2D eigenvalue weighted by molar-refractivity contribution is -0.116. The number of benzene rings is 2. The molecule has 0 bridgehead atoms. The first-order chi connectivity index (χ1) is 15.1. The Morgan fingerprint density at radius 3 is 2.74 bits per heavy atom. The summed E-state index contributed by atoms with van der Waals surface area (Å²) in [6.07, 6.45) is 5.28. The zero-order valence-corrected chi connectivity index (χ0v) is 18.9.